The molecule has 0 unspecified atom stereocenters. The number of azo groups is 1. The topological polar surface area (TPSA) is 111 Å². The molecule has 0 aliphatic carbocycles. The molecule has 3 aromatic carbocycles. The first-order chi connectivity index (χ1) is 12.7. The van der Waals surface area contributed by atoms with Crippen LogP contribution in [0.5, 0.6) is 5.75 Å². The predicted octanol–water partition coefficient (Wildman–Crippen LogP) is 4.87. The third kappa shape index (κ3) is 3.62. The quantitative estimate of drug-likeness (QED) is 0.438. The number of benzene rings is 3. The lowest BCUT2D eigenvalue weighted by atomic mass is 10.0. The van der Waals surface area contributed by atoms with Gasteiger partial charge in [0, 0.05) is 18.1 Å². The van der Waals surface area contributed by atoms with Gasteiger partial charge in [-0.25, -0.2) is 0 Å². The molecule has 0 aliphatic rings. The Morgan fingerprint density at radius 3 is 2.37 bits per heavy atom. The third-order valence-corrected chi connectivity index (χ3v) is 5.08. The highest BCUT2D eigenvalue weighted by Gasteiger charge is 2.23. The molecule has 0 heterocycles. The van der Waals surface area contributed by atoms with Crippen molar-refractivity contribution < 1.29 is 18.1 Å². The summed E-state index contributed by atoms with van der Waals surface area (Å²) in [5.41, 5.74) is 2.52. The fourth-order valence-electron chi connectivity index (χ4n) is 2.91. The van der Waals surface area contributed by atoms with Gasteiger partial charge in [-0.15, -0.1) is 5.11 Å². The lowest BCUT2D eigenvalue weighted by Crippen LogP contribution is -2.00. The number of hydrogen-bond acceptors (Lipinski definition) is 6. The van der Waals surface area contributed by atoms with E-state index in [-0.39, 0.29) is 11.4 Å². The van der Waals surface area contributed by atoms with Crippen molar-refractivity contribution in [1.82, 2.24) is 0 Å². The van der Waals surface area contributed by atoms with Gasteiger partial charge < -0.3 is 10.4 Å². The normalized spacial score (nSPS) is 12.0. The predicted molar refractivity (Wildman–Crippen MR) is 105 cm³/mol. The number of fused-ring (bicyclic) bond motifs is 1. The van der Waals surface area contributed by atoms with Crippen LogP contribution in [0.15, 0.2) is 57.6 Å². The number of nitrogens with one attached hydrogen (secondary N) is 1. The Morgan fingerprint density at radius 1 is 1.04 bits per heavy atom. The van der Waals surface area contributed by atoms with Crippen molar-refractivity contribution in [2.24, 2.45) is 10.2 Å². The Kier molecular flexibility index (Phi) is 4.86. The number of nitrogens with zero attached hydrogens (tertiary/aromatic N) is 2. The average molecular weight is 385 g/mol. The minimum Gasteiger partial charge on any atom is -0.505 e. The van der Waals surface area contributed by atoms with Crippen LogP contribution >= 0.6 is 0 Å². The summed E-state index contributed by atoms with van der Waals surface area (Å²) in [4.78, 5) is -0.502. The summed E-state index contributed by atoms with van der Waals surface area (Å²) in [5.74, 6) is -0.373. The van der Waals surface area contributed by atoms with E-state index in [2.05, 4.69) is 15.5 Å². The molecule has 27 heavy (non-hydrogen) atoms. The molecule has 0 aliphatic heterocycles. The third-order valence-electron chi connectivity index (χ3n) is 4.21. The van der Waals surface area contributed by atoms with Crippen LogP contribution in [0.2, 0.25) is 0 Å². The van der Waals surface area contributed by atoms with Crippen molar-refractivity contribution in [1.29, 1.82) is 0 Å². The Hall–Kier alpha value is -2.97. The molecule has 0 aromatic heterocycles. The summed E-state index contributed by atoms with van der Waals surface area (Å²) in [6.45, 7) is 3.68. The largest absolute Gasteiger partial charge is 0.505 e. The van der Waals surface area contributed by atoms with Crippen LogP contribution in [0.3, 0.4) is 0 Å². The van der Waals surface area contributed by atoms with E-state index in [0.29, 0.717) is 22.1 Å². The number of phenolic OH excluding ortho intramolecular Hbond substituents is 1. The highest BCUT2D eigenvalue weighted by atomic mass is 32.2. The minimum atomic E-state index is -4.63. The SMILES string of the molecule is CNc1cc(C)cc2cc(S(=O)(=O)O)c(N=Nc3ccccc3C)c(O)c12. The molecule has 0 saturated carbocycles. The van der Waals surface area contributed by atoms with Gasteiger partial charge in [0.1, 0.15) is 10.6 Å². The van der Waals surface area contributed by atoms with Gasteiger partial charge in [0.25, 0.3) is 10.1 Å². The maximum absolute atomic E-state index is 11.9. The first kappa shape index (κ1) is 18.8. The lowest BCUT2D eigenvalue weighted by Gasteiger charge is -2.13. The monoisotopic (exact) mass is 385 g/mol. The van der Waals surface area contributed by atoms with Crippen LogP contribution in [0.1, 0.15) is 11.1 Å². The molecular formula is C19H19N3O4S. The molecular weight excluding hydrogens is 366 g/mol. The van der Waals surface area contributed by atoms with Gasteiger partial charge in [-0.3, -0.25) is 4.55 Å². The molecule has 7 nitrogen and oxygen atoms in total. The Morgan fingerprint density at radius 2 is 1.74 bits per heavy atom. The second-order valence-corrected chi connectivity index (χ2v) is 7.58. The summed E-state index contributed by atoms with van der Waals surface area (Å²) in [6, 6.07) is 12.0. The van der Waals surface area contributed by atoms with Gasteiger partial charge >= 0.3 is 0 Å². The van der Waals surface area contributed by atoms with Crippen molar-refractivity contribution in [3.05, 3.63) is 53.6 Å². The van der Waals surface area contributed by atoms with Gasteiger partial charge in [0.15, 0.2) is 5.75 Å². The van der Waals surface area contributed by atoms with Gasteiger partial charge in [-0.1, -0.05) is 24.3 Å². The Labute approximate surface area is 157 Å². The van der Waals surface area contributed by atoms with Crippen molar-refractivity contribution in [2.45, 2.75) is 18.7 Å². The van der Waals surface area contributed by atoms with E-state index in [1.54, 1.807) is 25.2 Å². The van der Waals surface area contributed by atoms with Gasteiger partial charge in [-0.2, -0.15) is 13.5 Å². The van der Waals surface area contributed by atoms with E-state index >= 15 is 0 Å². The molecule has 8 heteroatoms. The average Bonchev–Trinajstić information content (AvgIpc) is 2.60. The highest BCUT2D eigenvalue weighted by Crippen LogP contribution is 2.44. The number of anilines is 1. The van der Waals surface area contributed by atoms with Crippen molar-refractivity contribution in [2.75, 3.05) is 12.4 Å². The van der Waals surface area contributed by atoms with Crippen LogP contribution in [0, 0.1) is 13.8 Å². The molecule has 140 valence electrons. The zero-order valence-corrected chi connectivity index (χ0v) is 15.9. The standard InChI is InChI=1S/C19H19N3O4S/c1-11-8-13-10-16(27(24,25)26)18(19(23)17(13)15(9-11)20-3)22-21-14-7-5-4-6-12(14)2/h4-10,20,23H,1-3H3,(H,24,25,26). The zero-order chi connectivity index (χ0) is 19.8. The van der Waals surface area contributed by atoms with Crippen LogP contribution < -0.4 is 5.32 Å². The number of phenols is 1. The molecule has 0 amide bonds. The Balaban J connectivity index is 2.34. The van der Waals surface area contributed by atoms with E-state index < -0.39 is 15.0 Å². The molecule has 0 bridgehead atoms. The van der Waals surface area contributed by atoms with Gasteiger partial charge in [0.05, 0.1) is 5.69 Å². The molecule has 0 fully saturated rings. The van der Waals surface area contributed by atoms with Crippen LogP contribution in [-0.2, 0) is 10.1 Å². The van der Waals surface area contributed by atoms with Gasteiger partial charge in [0.2, 0.25) is 0 Å². The van der Waals surface area contributed by atoms with Crippen LogP contribution in [0.25, 0.3) is 10.8 Å². The molecule has 3 aromatic rings. The number of rotatable bonds is 4. The lowest BCUT2D eigenvalue weighted by molar-refractivity contribution is 0.472. The summed E-state index contributed by atoms with van der Waals surface area (Å²) >= 11 is 0. The number of aromatic hydroxyl groups is 1. The van der Waals surface area contributed by atoms with Gasteiger partial charge in [-0.05, 0) is 48.6 Å². The summed E-state index contributed by atoms with van der Waals surface area (Å²) in [6.07, 6.45) is 0. The highest BCUT2D eigenvalue weighted by molar-refractivity contribution is 7.86. The van der Waals surface area contributed by atoms with Crippen LogP contribution in [-0.4, -0.2) is 25.1 Å². The summed E-state index contributed by atoms with van der Waals surface area (Å²) < 4.78 is 33.4. The van der Waals surface area contributed by atoms with E-state index in [4.69, 9.17) is 0 Å². The maximum atomic E-state index is 11.9. The Bertz CT molecular complexity index is 1170. The summed E-state index contributed by atoms with van der Waals surface area (Å²) in [5, 5.41) is 22.6. The fourth-order valence-corrected chi connectivity index (χ4v) is 3.56. The van der Waals surface area contributed by atoms with Crippen molar-refractivity contribution in [3.63, 3.8) is 0 Å². The molecule has 0 spiro atoms. The first-order valence-corrected chi connectivity index (χ1v) is 9.59. The van der Waals surface area contributed by atoms with E-state index in [9.17, 15) is 18.1 Å². The smallest absolute Gasteiger partial charge is 0.296 e. The molecule has 0 saturated heterocycles. The second kappa shape index (κ2) is 6.98. The molecule has 3 N–H and O–H groups in total. The zero-order valence-electron chi connectivity index (χ0n) is 15.1. The minimum absolute atomic E-state index is 0.311. The van der Waals surface area contributed by atoms with Crippen LogP contribution in [0.4, 0.5) is 17.1 Å². The first-order valence-electron chi connectivity index (χ1n) is 8.15. The molecule has 0 atom stereocenters. The summed E-state index contributed by atoms with van der Waals surface area (Å²) in [7, 11) is -2.94. The second-order valence-electron chi connectivity index (χ2n) is 6.19. The van der Waals surface area contributed by atoms with E-state index in [1.807, 2.05) is 32.0 Å². The molecule has 0 radical (unpaired) electrons. The van der Waals surface area contributed by atoms with Crippen molar-refractivity contribution >= 4 is 38.0 Å². The molecule has 3 rings (SSSR count). The number of hydrogen-bond donors (Lipinski definition) is 3. The van der Waals surface area contributed by atoms with E-state index in [0.717, 1.165) is 11.1 Å². The fraction of sp³-hybridized carbons (Fsp3) is 0.158. The van der Waals surface area contributed by atoms with E-state index in [1.165, 1.54) is 6.07 Å². The maximum Gasteiger partial charge on any atom is 0.296 e. The number of aryl methyl sites for hydroxylation is 2. The van der Waals surface area contributed by atoms with Crippen molar-refractivity contribution in [3.8, 4) is 5.75 Å².